The predicted octanol–water partition coefficient (Wildman–Crippen LogP) is 4.37. The highest BCUT2D eigenvalue weighted by molar-refractivity contribution is 6.04. The van der Waals surface area contributed by atoms with E-state index in [0.29, 0.717) is 6.54 Å². The summed E-state index contributed by atoms with van der Waals surface area (Å²) in [7, 11) is 0. The summed E-state index contributed by atoms with van der Waals surface area (Å²) in [5.41, 5.74) is 5.36. The molecule has 2 amide bonds. The lowest BCUT2D eigenvalue weighted by Gasteiger charge is -2.23. The van der Waals surface area contributed by atoms with Crippen LogP contribution in [0.25, 0.3) is 0 Å². The largest absolute Gasteiger partial charge is 0.326 e. The van der Waals surface area contributed by atoms with Gasteiger partial charge in [-0.3, -0.25) is 9.59 Å². The number of nitrogens with zero attached hydrogens (tertiary/aromatic N) is 1. The SMILES string of the molecule is CCc1ccc(NC(=O)[C@@H]2CC(=O)N(c3c(CC)cccc3CC)C2)cc1. The zero-order valence-corrected chi connectivity index (χ0v) is 16.4. The second-order valence-electron chi connectivity index (χ2n) is 7.08. The van der Waals surface area contributed by atoms with Crippen molar-refractivity contribution >= 4 is 23.2 Å². The van der Waals surface area contributed by atoms with Gasteiger partial charge in [-0.1, -0.05) is 51.1 Å². The molecule has 1 aliphatic heterocycles. The second-order valence-corrected chi connectivity index (χ2v) is 7.08. The first-order chi connectivity index (χ1) is 13.1. The van der Waals surface area contributed by atoms with Crippen molar-refractivity contribution in [3.8, 4) is 0 Å². The van der Waals surface area contributed by atoms with Gasteiger partial charge in [0.15, 0.2) is 0 Å². The van der Waals surface area contributed by atoms with E-state index < -0.39 is 0 Å². The summed E-state index contributed by atoms with van der Waals surface area (Å²) < 4.78 is 0. The number of nitrogens with one attached hydrogen (secondary N) is 1. The Balaban J connectivity index is 1.76. The molecular weight excluding hydrogens is 336 g/mol. The average Bonchev–Trinajstić information content (AvgIpc) is 3.09. The highest BCUT2D eigenvalue weighted by Gasteiger charge is 2.36. The van der Waals surface area contributed by atoms with Gasteiger partial charge in [0.1, 0.15) is 0 Å². The van der Waals surface area contributed by atoms with Crippen molar-refractivity contribution in [2.45, 2.75) is 46.5 Å². The van der Waals surface area contributed by atoms with Gasteiger partial charge < -0.3 is 10.2 Å². The molecule has 27 heavy (non-hydrogen) atoms. The van der Waals surface area contributed by atoms with E-state index in [1.807, 2.05) is 35.2 Å². The number of hydrogen-bond donors (Lipinski definition) is 1. The molecule has 0 bridgehead atoms. The molecule has 0 spiro atoms. The summed E-state index contributed by atoms with van der Waals surface area (Å²) in [5.74, 6) is -0.368. The molecule has 1 N–H and O–H groups in total. The van der Waals surface area contributed by atoms with Gasteiger partial charge >= 0.3 is 0 Å². The number of aryl methyl sites for hydroxylation is 3. The molecule has 2 aromatic rings. The molecule has 1 fully saturated rings. The third kappa shape index (κ3) is 4.05. The maximum atomic E-state index is 12.7. The zero-order chi connectivity index (χ0) is 19.4. The van der Waals surface area contributed by atoms with E-state index in [4.69, 9.17) is 0 Å². The van der Waals surface area contributed by atoms with Crippen LogP contribution in [-0.2, 0) is 28.9 Å². The van der Waals surface area contributed by atoms with Crippen LogP contribution in [0.1, 0.15) is 43.9 Å². The van der Waals surface area contributed by atoms with E-state index in [1.165, 1.54) is 16.7 Å². The minimum Gasteiger partial charge on any atom is -0.326 e. The first-order valence-corrected chi connectivity index (χ1v) is 9.88. The highest BCUT2D eigenvalue weighted by atomic mass is 16.2. The fraction of sp³-hybridized carbons (Fsp3) is 0.391. The van der Waals surface area contributed by atoms with Gasteiger partial charge in [-0.05, 0) is 48.1 Å². The molecule has 2 aromatic carbocycles. The van der Waals surface area contributed by atoms with Crippen LogP contribution < -0.4 is 10.2 Å². The Bertz CT molecular complexity index is 805. The summed E-state index contributed by atoms with van der Waals surface area (Å²) >= 11 is 0. The first-order valence-electron chi connectivity index (χ1n) is 9.88. The molecule has 0 unspecified atom stereocenters. The molecule has 1 aliphatic rings. The lowest BCUT2D eigenvalue weighted by Crippen LogP contribution is -2.29. The molecule has 0 saturated carbocycles. The summed E-state index contributed by atoms with van der Waals surface area (Å²) in [4.78, 5) is 27.2. The Kier molecular flexibility index (Phi) is 5.94. The van der Waals surface area contributed by atoms with Gasteiger partial charge in [0, 0.05) is 24.3 Å². The van der Waals surface area contributed by atoms with Crippen molar-refractivity contribution in [3.05, 3.63) is 59.2 Å². The van der Waals surface area contributed by atoms with Crippen LogP contribution in [0.15, 0.2) is 42.5 Å². The second kappa shape index (κ2) is 8.38. The smallest absolute Gasteiger partial charge is 0.229 e. The van der Waals surface area contributed by atoms with Gasteiger partial charge in [-0.15, -0.1) is 0 Å². The number of carbonyl (C=O) groups excluding carboxylic acids is 2. The fourth-order valence-corrected chi connectivity index (χ4v) is 3.73. The minimum absolute atomic E-state index is 0.0343. The molecule has 0 aromatic heterocycles. The molecule has 1 atom stereocenters. The lowest BCUT2D eigenvalue weighted by atomic mass is 10.0. The summed E-state index contributed by atoms with van der Waals surface area (Å²) in [6.45, 7) is 6.75. The third-order valence-electron chi connectivity index (χ3n) is 5.36. The molecule has 3 rings (SSSR count). The molecule has 0 radical (unpaired) electrons. The van der Waals surface area contributed by atoms with Crippen molar-refractivity contribution in [1.29, 1.82) is 0 Å². The van der Waals surface area contributed by atoms with Crippen molar-refractivity contribution in [2.75, 3.05) is 16.8 Å². The van der Waals surface area contributed by atoms with Gasteiger partial charge in [0.25, 0.3) is 0 Å². The molecule has 4 heteroatoms. The van der Waals surface area contributed by atoms with E-state index in [0.717, 1.165) is 30.6 Å². The number of hydrogen-bond acceptors (Lipinski definition) is 2. The van der Waals surface area contributed by atoms with E-state index in [9.17, 15) is 9.59 Å². The zero-order valence-electron chi connectivity index (χ0n) is 16.4. The number of amides is 2. The summed E-state index contributed by atoms with van der Waals surface area (Å²) in [6, 6.07) is 14.1. The van der Waals surface area contributed by atoms with Crippen molar-refractivity contribution in [1.82, 2.24) is 0 Å². The first kappa shape index (κ1) is 19.2. The third-order valence-corrected chi connectivity index (χ3v) is 5.36. The Morgan fingerprint density at radius 1 is 1.00 bits per heavy atom. The maximum Gasteiger partial charge on any atom is 0.229 e. The van der Waals surface area contributed by atoms with E-state index in [2.05, 4.69) is 38.2 Å². The lowest BCUT2D eigenvalue weighted by molar-refractivity contribution is -0.122. The van der Waals surface area contributed by atoms with Gasteiger partial charge in [0.2, 0.25) is 11.8 Å². The number of rotatable bonds is 6. The van der Waals surface area contributed by atoms with Gasteiger partial charge in [-0.2, -0.15) is 0 Å². The molecule has 142 valence electrons. The Hall–Kier alpha value is -2.62. The molecular formula is C23H28N2O2. The van der Waals surface area contributed by atoms with Crippen molar-refractivity contribution in [3.63, 3.8) is 0 Å². The average molecular weight is 364 g/mol. The molecule has 4 nitrogen and oxygen atoms in total. The summed E-state index contributed by atoms with van der Waals surface area (Å²) in [5, 5.41) is 2.97. The molecule has 0 aliphatic carbocycles. The summed E-state index contributed by atoms with van der Waals surface area (Å²) in [6.07, 6.45) is 2.97. The monoisotopic (exact) mass is 364 g/mol. The Morgan fingerprint density at radius 2 is 1.63 bits per heavy atom. The fourth-order valence-electron chi connectivity index (χ4n) is 3.73. The number of carbonyl (C=O) groups is 2. The van der Waals surface area contributed by atoms with Crippen LogP contribution in [0.3, 0.4) is 0 Å². The van der Waals surface area contributed by atoms with Crippen LogP contribution in [-0.4, -0.2) is 18.4 Å². The molecule has 1 heterocycles. The normalized spacial score (nSPS) is 16.6. The van der Waals surface area contributed by atoms with E-state index in [-0.39, 0.29) is 24.2 Å². The van der Waals surface area contributed by atoms with Crippen LogP contribution in [0.2, 0.25) is 0 Å². The maximum absolute atomic E-state index is 12.7. The quantitative estimate of drug-likeness (QED) is 0.828. The minimum atomic E-state index is -0.321. The van der Waals surface area contributed by atoms with Crippen molar-refractivity contribution in [2.24, 2.45) is 5.92 Å². The molecule has 1 saturated heterocycles. The Morgan fingerprint density at radius 3 is 2.19 bits per heavy atom. The number of benzene rings is 2. The van der Waals surface area contributed by atoms with Gasteiger partial charge in [-0.25, -0.2) is 0 Å². The van der Waals surface area contributed by atoms with Crippen LogP contribution in [0.4, 0.5) is 11.4 Å². The standard InChI is InChI=1S/C23H28N2O2/c1-4-16-10-12-20(13-11-16)24-23(27)19-14-21(26)25(15-19)22-17(5-2)8-7-9-18(22)6-3/h7-13,19H,4-6,14-15H2,1-3H3,(H,24,27)/t19-/m1/s1. The van der Waals surface area contributed by atoms with Crippen LogP contribution in [0, 0.1) is 5.92 Å². The van der Waals surface area contributed by atoms with Crippen molar-refractivity contribution < 1.29 is 9.59 Å². The Labute approximate surface area is 161 Å². The van der Waals surface area contributed by atoms with E-state index in [1.54, 1.807) is 0 Å². The van der Waals surface area contributed by atoms with Crippen LogP contribution in [0.5, 0.6) is 0 Å². The topological polar surface area (TPSA) is 49.4 Å². The number of para-hydroxylation sites is 1. The van der Waals surface area contributed by atoms with Crippen LogP contribution >= 0.6 is 0 Å². The predicted molar refractivity (Wildman–Crippen MR) is 110 cm³/mol. The van der Waals surface area contributed by atoms with E-state index >= 15 is 0 Å². The number of anilines is 2. The highest BCUT2D eigenvalue weighted by Crippen LogP contribution is 2.32. The van der Waals surface area contributed by atoms with Gasteiger partial charge in [0.05, 0.1) is 5.92 Å².